The van der Waals surface area contributed by atoms with Crippen LogP contribution in [0.2, 0.25) is 0 Å². The van der Waals surface area contributed by atoms with Crippen molar-refractivity contribution in [3.05, 3.63) is 89.0 Å². The van der Waals surface area contributed by atoms with Crippen LogP contribution in [-0.2, 0) is 0 Å². The summed E-state index contributed by atoms with van der Waals surface area (Å²) >= 11 is 2.03. The number of ether oxygens (including phenoxy) is 2. The molecule has 9 nitrogen and oxygen atoms in total. The monoisotopic (exact) mass is 547 g/mol. The molecule has 0 fully saturated rings. The van der Waals surface area contributed by atoms with E-state index in [0.717, 1.165) is 34.5 Å². The van der Waals surface area contributed by atoms with E-state index < -0.39 is 21.2 Å². The highest BCUT2D eigenvalue weighted by Crippen LogP contribution is 2.41. The molecule has 0 atom stereocenters. The Labute approximate surface area is 197 Å². The third-order valence-electron chi connectivity index (χ3n) is 4.74. The maximum atomic E-state index is 11.4. The van der Waals surface area contributed by atoms with Crippen LogP contribution >= 0.6 is 22.6 Å². The van der Waals surface area contributed by atoms with Gasteiger partial charge in [-0.1, -0.05) is 12.1 Å². The average Bonchev–Trinajstić information content (AvgIpc) is 2.76. The Morgan fingerprint density at radius 1 is 1.00 bits per heavy atom. The van der Waals surface area contributed by atoms with Gasteiger partial charge in [0.05, 0.1) is 32.3 Å². The van der Waals surface area contributed by atoms with E-state index in [-0.39, 0.29) is 11.5 Å². The SMILES string of the molecule is COc1cc(C=Nc2cccc(C)c2C)cc(I)c1Oc1ccc([N+](=O)[O-])cc1[N+](=O)[O-]. The fourth-order valence-electron chi connectivity index (χ4n) is 2.89. The predicted octanol–water partition coefficient (Wildman–Crippen LogP) is 6.28. The average molecular weight is 547 g/mol. The van der Waals surface area contributed by atoms with Crippen LogP contribution in [0.5, 0.6) is 17.2 Å². The number of benzene rings is 3. The zero-order valence-electron chi connectivity index (χ0n) is 17.4. The number of nitrogens with zero attached hydrogens (tertiary/aromatic N) is 3. The Hall–Kier alpha value is -3.54. The molecule has 3 aromatic carbocycles. The number of aryl methyl sites for hydroxylation is 1. The predicted molar refractivity (Wildman–Crippen MR) is 129 cm³/mol. The molecule has 0 saturated heterocycles. The Morgan fingerprint density at radius 3 is 2.41 bits per heavy atom. The first kappa shape index (κ1) is 23.1. The van der Waals surface area contributed by atoms with Gasteiger partial charge in [0.1, 0.15) is 0 Å². The molecule has 3 aromatic rings. The van der Waals surface area contributed by atoms with E-state index >= 15 is 0 Å². The number of methoxy groups -OCH3 is 1. The van der Waals surface area contributed by atoms with Crippen LogP contribution in [-0.4, -0.2) is 23.2 Å². The summed E-state index contributed by atoms with van der Waals surface area (Å²) in [6, 6.07) is 12.6. The van der Waals surface area contributed by atoms with E-state index in [9.17, 15) is 20.2 Å². The second-order valence-electron chi connectivity index (χ2n) is 6.78. The Bertz CT molecular complexity index is 1240. The van der Waals surface area contributed by atoms with Crippen molar-refractivity contribution in [2.45, 2.75) is 13.8 Å². The molecule has 0 amide bonds. The number of nitro benzene ring substituents is 2. The second-order valence-corrected chi connectivity index (χ2v) is 7.94. The number of rotatable bonds is 7. The summed E-state index contributed by atoms with van der Waals surface area (Å²) in [5, 5.41) is 22.4. The van der Waals surface area contributed by atoms with Gasteiger partial charge < -0.3 is 9.47 Å². The molecule has 0 N–H and O–H groups in total. The van der Waals surface area contributed by atoms with Crippen LogP contribution in [0.25, 0.3) is 0 Å². The minimum atomic E-state index is -0.729. The van der Waals surface area contributed by atoms with Gasteiger partial charge in [0.2, 0.25) is 5.75 Å². The van der Waals surface area contributed by atoms with Crippen molar-refractivity contribution in [3.63, 3.8) is 0 Å². The van der Waals surface area contributed by atoms with Gasteiger partial charge in [-0.2, -0.15) is 0 Å². The van der Waals surface area contributed by atoms with Crippen molar-refractivity contribution in [1.82, 2.24) is 0 Å². The van der Waals surface area contributed by atoms with Crippen LogP contribution < -0.4 is 9.47 Å². The van der Waals surface area contributed by atoms with Crippen molar-refractivity contribution >= 4 is 45.9 Å². The summed E-state index contributed by atoms with van der Waals surface area (Å²) in [5.74, 6) is 0.467. The molecule has 164 valence electrons. The summed E-state index contributed by atoms with van der Waals surface area (Å²) in [4.78, 5) is 25.5. The van der Waals surface area contributed by atoms with E-state index in [0.29, 0.717) is 9.32 Å². The highest BCUT2D eigenvalue weighted by Gasteiger charge is 2.23. The fraction of sp³-hybridized carbons (Fsp3) is 0.136. The molecule has 0 saturated carbocycles. The standard InChI is InChI=1S/C22H18IN3O6/c1-13-5-4-6-18(14(13)2)24-12-15-9-17(23)22(21(10-15)31-3)32-20-8-7-16(25(27)28)11-19(20)26(29)30/h4-12H,1-3H3. The summed E-state index contributed by atoms with van der Waals surface area (Å²) in [5.41, 5.74) is 2.90. The fourth-order valence-corrected chi connectivity index (χ4v) is 3.63. The van der Waals surface area contributed by atoms with Crippen molar-refractivity contribution in [2.24, 2.45) is 4.99 Å². The number of aliphatic imine (C=N–C) groups is 1. The number of halogens is 1. The topological polar surface area (TPSA) is 117 Å². The van der Waals surface area contributed by atoms with Crippen LogP contribution in [0, 0.1) is 37.6 Å². The maximum absolute atomic E-state index is 11.4. The number of hydrogen-bond donors (Lipinski definition) is 0. The third kappa shape index (κ3) is 5.02. The molecule has 0 aliphatic carbocycles. The summed E-state index contributed by atoms with van der Waals surface area (Å²) < 4.78 is 11.8. The first-order valence-corrected chi connectivity index (χ1v) is 10.4. The molecule has 0 spiro atoms. The zero-order chi connectivity index (χ0) is 23.4. The van der Waals surface area contributed by atoms with Gasteiger partial charge >= 0.3 is 5.69 Å². The van der Waals surface area contributed by atoms with Crippen LogP contribution in [0.3, 0.4) is 0 Å². The van der Waals surface area contributed by atoms with E-state index in [4.69, 9.17) is 9.47 Å². The molecular weight excluding hydrogens is 529 g/mol. The lowest BCUT2D eigenvalue weighted by molar-refractivity contribution is -0.394. The normalized spacial score (nSPS) is 10.9. The van der Waals surface area contributed by atoms with E-state index in [1.165, 1.54) is 13.2 Å². The molecule has 0 bridgehead atoms. The molecule has 0 heterocycles. The first-order valence-electron chi connectivity index (χ1n) is 9.29. The smallest absolute Gasteiger partial charge is 0.318 e. The minimum Gasteiger partial charge on any atom is -0.493 e. The summed E-state index contributed by atoms with van der Waals surface area (Å²) in [6.45, 7) is 4.02. The Kier molecular flexibility index (Phi) is 7.03. The largest absolute Gasteiger partial charge is 0.493 e. The second kappa shape index (κ2) is 9.73. The van der Waals surface area contributed by atoms with Gasteiger partial charge in [-0.05, 0) is 77.4 Å². The lowest BCUT2D eigenvalue weighted by Crippen LogP contribution is -1.99. The van der Waals surface area contributed by atoms with Crippen molar-refractivity contribution in [1.29, 1.82) is 0 Å². The van der Waals surface area contributed by atoms with Gasteiger partial charge in [0.15, 0.2) is 11.5 Å². The van der Waals surface area contributed by atoms with Crippen molar-refractivity contribution in [2.75, 3.05) is 7.11 Å². The minimum absolute atomic E-state index is 0.131. The lowest BCUT2D eigenvalue weighted by atomic mass is 10.1. The van der Waals surface area contributed by atoms with Crippen molar-refractivity contribution < 1.29 is 19.3 Å². The molecule has 0 aromatic heterocycles. The number of hydrogen-bond acceptors (Lipinski definition) is 7. The summed E-state index contributed by atoms with van der Waals surface area (Å²) in [6.07, 6.45) is 1.70. The maximum Gasteiger partial charge on any atom is 0.318 e. The Balaban J connectivity index is 1.97. The molecule has 0 aliphatic rings. The van der Waals surface area contributed by atoms with E-state index in [1.54, 1.807) is 18.3 Å². The molecule has 10 heteroatoms. The third-order valence-corrected chi connectivity index (χ3v) is 5.54. The molecule has 32 heavy (non-hydrogen) atoms. The summed E-state index contributed by atoms with van der Waals surface area (Å²) in [7, 11) is 1.45. The lowest BCUT2D eigenvalue weighted by Gasteiger charge is -2.13. The quantitative estimate of drug-likeness (QED) is 0.149. The van der Waals surface area contributed by atoms with Crippen molar-refractivity contribution in [3.8, 4) is 17.2 Å². The van der Waals surface area contributed by atoms with Gasteiger partial charge in [-0.25, -0.2) is 0 Å². The van der Waals surface area contributed by atoms with Gasteiger partial charge in [-0.15, -0.1) is 0 Å². The van der Waals surface area contributed by atoms with E-state index in [2.05, 4.69) is 4.99 Å². The van der Waals surface area contributed by atoms with Crippen LogP contribution in [0.1, 0.15) is 16.7 Å². The molecule has 0 radical (unpaired) electrons. The highest BCUT2D eigenvalue weighted by molar-refractivity contribution is 14.1. The van der Waals surface area contributed by atoms with Crippen LogP contribution in [0.4, 0.5) is 17.1 Å². The first-order chi connectivity index (χ1) is 15.2. The highest BCUT2D eigenvalue weighted by atomic mass is 127. The Morgan fingerprint density at radius 2 is 1.75 bits per heavy atom. The molecule has 0 aliphatic heterocycles. The van der Waals surface area contributed by atoms with Gasteiger partial charge in [-0.3, -0.25) is 25.2 Å². The molecule has 0 unspecified atom stereocenters. The molecular formula is C22H18IN3O6. The molecule has 3 rings (SSSR count). The number of nitro groups is 2. The van der Waals surface area contributed by atoms with Crippen LogP contribution in [0.15, 0.2) is 53.5 Å². The number of non-ortho nitro benzene ring substituents is 1. The van der Waals surface area contributed by atoms with Gasteiger partial charge in [0.25, 0.3) is 5.69 Å². The van der Waals surface area contributed by atoms with E-state index in [1.807, 2.05) is 54.6 Å². The van der Waals surface area contributed by atoms with Gasteiger partial charge in [0, 0.05) is 12.3 Å². The zero-order valence-corrected chi connectivity index (χ0v) is 19.5.